The van der Waals surface area contributed by atoms with Crippen molar-refractivity contribution >= 4 is 0 Å². The number of nitrogens with one attached hydrogen (secondary N) is 1. The Morgan fingerprint density at radius 2 is 1.79 bits per heavy atom. The summed E-state index contributed by atoms with van der Waals surface area (Å²) in [5.41, 5.74) is 1.32. The second kappa shape index (κ2) is 8.21. The average molecular weight is 263 g/mol. The zero-order valence-electron chi connectivity index (χ0n) is 13.1. The van der Waals surface area contributed by atoms with E-state index in [1.54, 1.807) is 0 Å². The zero-order chi connectivity index (χ0) is 14.3. The minimum absolute atomic E-state index is 0.412. The van der Waals surface area contributed by atoms with Crippen molar-refractivity contribution in [2.75, 3.05) is 13.7 Å². The highest BCUT2D eigenvalue weighted by Gasteiger charge is 2.16. The van der Waals surface area contributed by atoms with Crippen LogP contribution in [-0.4, -0.2) is 19.7 Å². The number of ether oxygens (including phenoxy) is 1. The van der Waals surface area contributed by atoms with Crippen LogP contribution < -0.4 is 10.1 Å². The van der Waals surface area contributed by atoms with Crippen molar-refractivity contribution in [2.45, 2.75) is 52.5 Å². The molecular formula is C17H29NO. The first-order valence-electron chi connectivity index (χ1n) is 7.52. The molecule has 2 nitrogen and oxygen atoms in total. The third kappa shape index (κ3) is 4.54. The first kappa shape index (κ1) is 16.0. The molecule has 0 saturated carbocycles. The first-order valence-corrected chi connectivity index (χ1v) is 7.52. The van der Waals surface area contributed by atoms with Crippen LogP contribution in [-0.2, 0) is 0 Å². The van der Waals surface area contributed by atoms with Crippen molar-refractivity contribution in [3.63, 3.8) is 0 Å². The summed E-state index contributed by atoms with van der Waals surface area (Å²) in [6.45, 7) is 9.70. The van der Waals surface area contributed by atoms with Crippen molar-refractivity contribution in [3.05, 3.63) is 29.8 Å². The van der Waals surface area contributed by atoms with Crippen LogP contribution in [0.1, 0.15) is 52.0 Å². The first-order chi connectivity index (χ1) is 9.13. The van der Waals surface area contributed by atoms with Crippen LogP contribution in [0.25, 0.3) is 0 Å². The fourth-order valence-electron chi connectivity index (χ4n) is 2.24. The molecule has 2 heteroatoms. The van der Waals surface area contributed by atoms with Crippen LogP contribution in [0.4, 0.5) is 0 Å². The summed E-state index contributed by atoms with van der Waals surface area (Å²) in [4.78, 5) is 0. The minimum Gasteiger partial charge on any atom is -0.492 e. The van der Waals surface area contributed by atoms with Gasteiger partial charge >= 0.3 is 0 Å². The summed E-state index contributed by atoms with van der Waals surface area (Å²) in [7, 11) is 2.01. The van der Waals surface area contributed by atoms with Gasteiger partial charge in [0, 0.05) is 6.04 Å². The van der Waals surface area contributed by atoms with E-state index in [1.807, 2.05) is 7.05 Å². The predicted molar refractivity (Wildman–Crippen MR) is 82.9 cm³/mol. The zero-order valence-corrected chi connectivity index (χ0v) is 13.1. The molecular weight excluding hydrogens is 234 g/mol. The number of hydrogen-bond acceptors (Lipinski definition) is 2. The van der Waals surface area contributed by atoms with Crippen molar-refractivity contribution in [1.29, 1.82) is 0 Å². The third-order valence-electron chi connectivity index (χ3n) is 4.18. The lowest BCUT2D eigenvalue weighted by atomic mass is 9.97. The molecule has 1 aromatic carbocycles. The summed E-state index contributed by atoms with van der Waals surface area (Å²) in [6.07, 6.45) is 2.31. The largest absolute Gasteiger partial charge is 0.492 e. The smallest absolute Gasteiger partial charge is 0.122 e. The van der Waals surface area contributed by atoms with E-state index in [2.05, 4.69) is 57.3 Å². The van der Waals surface area contributed by atoms with Crippen molar-refractivity contribution in [1.82, 2.24) is 5.32 Å². The van der Waals surface area contributed by atoms with Gasteiger partial charge in [0.05, 0.1) is 0 Å². The van der Waals surface area contributed by atoms with E-state index in [0.29, 0.717) is 17.9 Å². The van der Waals surface area contributed by atoms with Crippen LogP contribution in [0.5, 0.6) is 5.75 Å². The molecule has 0 aliphatic rings. The Morgan fingerprint density at radius 1 is 1.11 bits per heavy atom. The molecule has 0 fully saturated rings. The Bertz CT molecular complexity index is 364. The number of para-hydroxylation sites is 1. The maximum atomic E-state index is 6.07. The van der Waals surface area contributed by atoms with Crippen molar-refractivity contribution < 1.29 is 4.74 Å². The third-order valence-corrected chi connectivity index (χ3v) is 4.18. The van der Waals surface area contributed by atoms with Gasteiger partial charge in [0.15, 0.2) is 0 Å². The molecule has 0 saturated heterocycles. The molecule has 0 amide bonds. The molecule has 0 bridgehead atoms. The van der Waals surface area contributed by atoms with Gasteiger partial charge < -0.3 is 10.1 Å². The van der Waals surface area contributed by atoms with Crippen LogP contribution in [0.3, 0.4) is 0 Å². The van der Waals surface area contributed by atoms with Gasteiger partial charge in [0.1, 0.15) is 12.4 Å². The van der Waals surface area contributed by atoms with Gasteiger partial charge in [-0.05, 0) is 36.9 Å². The van der Waals surface area contributed by atoms with Crippen LogP contribution >= 0.6 is 0 Å². The number of rotatable bonds is 8. The molecule has 0 aliphatic heterocycles. The Hall–Kier alpha value is -1.02. The standard InChI is InChI=1S/C17H29NO/c1-6-13(3)15-10-8-9-11-17(15)19-12-16(18-5)14(4)7-2/h8-11,13-14,16,18H,6-7,12H2,1-5H3. The fourth-order valence-corrected chi connectivity index (χ4v) is 2.24. The summed E-state index contributed by atoms with van der Waals surface area (Å²) < 4.78 is 6.07. The lowest BCUT2D eigenvalue weighted by Crippen LogP contribution is -2.37. The summed E-state index contributed by atoms with van der Waals surface area (Å²) >= 11 is 0. The number of benzene rings is 1. The van der Waals surface area contributed by atoms with Crippen molar-refractivity contribution in [3.8, 4) is 5.75 Å². The van der Waals surface area contributed by atoms with E-state index < -0.39 is 0 Å². The summed E-state index contributed by atoms with van der Waals surface area (Å²) in [5.74, 6) is 2.22. The summed E-state index contributed by atoms with van der Waals surface area (Å²) in [5, 5.41) is 3.36. The quantitative estimate of drug-likeness (QED) is 0.758. The van der Waals surface area contributed by atoms with E-state index in [-0.39, 0.29) is 0 Å². The highest BCUT2D eigenvalue weighted by Crippen LogP contribution is 2.28. The molecule has 1 N–H and O–H groups in total. The van der Waals surface area contributed by atoms with Crippen LogP contribution in [0.15, 0.2) is 24.3 Å². The summed E-state index contributed by atoms with van der Waals surface area (Å²) in [6, 6.07) is 8.83. The Morgan fingerprint density at radius 3 is 2.37 bits per heavy atom. The van der Waals surface area contributed by atoms with Gasteiger partial charge in [0.2, 0.25) is 0 Å². The molecule has 0 aliphatic carbocycles. The maximum Gasteiger partial charge on any atom is 0.122 e. The molecule has 1 aromatic rings. The maximum absolute atomic E-state index is 6.07. The van der Waals surface area contributed by atoms with E-state index in [4.69, 9.17) is 4.74 Å². The Kier molecular flexibility index (Phi) is 6.93. The number of likely N-dealkylation sites (N-methyl/N-ethyl adjacent to an activating group) is 1. The molecule has 3 unspecified atom stereocenters. The van der Waals surface area contributed by atoms with Crippen molar-refractivity contribution in [2.24, 2.45) is 5.92 Å². The molecule has 0 spiro atoms. The van der Waals surface area contributed by atoms with E-state index in [0.717, 1.165) is 18.8 Å². The lowest BCUT2D eigenvalue weighted by Gasteiger charge is -2.24. The van der Waals surface area contributed by atoms with Gasteiger partial charge in [-0.3, -0.25) is 0 Å². The molecule has 1 rings (SSSR count). The topological polar surface area (TPSA) is 21.3 Å². The molecule has 19 heavy (non-hydrogen) atoms. The van der Waals surface area contributed by atoms with Gasteiger partial charge in [-0.15, -0.1) is 0 Å². The van der Waals surface area contributed by atoms with Gasteiger partial charge in [-0.1, -0.05) is 52.3 Å². The highest BCUT2D eigenvalue weighted by atomic mass is 16.5. The van der Waals surface area contributed by atoms with E-state index in [9.17, 15) is 0 Å². The molecule has 0 heterocycles. The second-order valence-electron chi connectivity index (χ2n) is 5.44. The molecule has 0 aromatic heterocycles. The average Bonchev–Trinajstić information content (AvgIpc) is 2.47. The Balaban J connectivity index is 2.71. The molecule has 3 atom stereocenters. The monoisotopic (exact) mass is 263 g/mol. The van der Waals surface area contributed by atoms with E-state index in [1.165, 1.54) is 12.0 Å². The van der Waals surface area contributed by atoms with Crippen LogP contribution in [0.2, 0.25) is 0 Å². The molecule has 108 valence electrons. The predicted octanol–water partition coefficient (Wildman–Crippen LogP) is 4.21. The number of hydrogen-bond donors (Lipinski definition) is 1. The second-order valence-corrected chi connectivity index (χ2v) is 5.44. The van der Waals surface area contributed by atoms with Gasteiger partial charge in [0.25, 0.3) is 0 Å². The minimum atomic E-state index is 0.412. The van der Waals surface area contributed by atoms with E-state index >= 15 is 0 Å². The highest BCUT2D eigenvalue weighted by molar-refractivity contribution is 5.35. The Labute approximate surface area is 118 Å². The lowest BCUT2D eigenvalue weighted by molar-refractivity contribution is 0.226. The fraction of sp³-hybridized carbons (Fsp3) is 0.647. The SMILES string of the molecule is CCC(C)c1ccccc1OCC(NC)C(C)CC. The van der Waals surface area contributed by atoms with Gasteiger partial charge in [-0.2, -0.15) is 0 Å². The van der Waals surface area contributed by atoms with Gasteiger partial charge in [-0.25, -0.2) is 0 Å². The van der Waals surface area contributed by atoms with Crippen LogP contribution in [0, 0.1) is 5.92 Å². The normalized spacial score (nSPS) is 15.8. The molecule has 0 radical (unpaired) electrons.